The Balaban J connectivity index is 2.50. The van der Waals surface area contributed by atoms with Crippen LogP contribution in [-0.2, 0) is 5.60 Å². The van der Waals surface area contributed by atoms with Crippen LogP contribution >= 0.6 is 27.3 Å². The van der Waals surface area contributed by atoms with Gasteiger partial charge in [-0.3, -0.25) is 0 Å². The zero-order valence-corrected chi connectivity index (χ0v) is 12.0. The Kier molecular flexibility index (Phi) is 3.56. The van der Waals surface area contributed by atoms with Crippen LogP contribution in [0.1, 0.15) is 27.7 Å². The van der Waals surface area contributed by atoms with Crippen LogP contribution in [0, 0.1) is 0 Å². The summed E-state index contributed by atoms with van der Waals surface area (Å²) < 4.78 is 0.909. The largest absolute Gasteiger partial charge is 0.478 e. The number of rotatable bonds is 3. The second-order valence-corrected chi connectivity index (χ2v) is 5.88. The van der Waals surface area contributed by atoms with Gasteiger partial charge in [-0.25, -0.2) is 4.79 Å². The molecule has 1 aromatic heterocycles. The summed E-state index contributed by atoms with van der Waals surface area (Å²) in [6.07, 6.45) is 0. The number of carboxylic acids is 1. The molecule has 2 rings (SSSR count). The summed E-state index contributed by atoms with van der Waals surface area (Å²) in [6.45, 7) is 1.61. The standard InChI is InChI=1S/C13H11BrO3S/c1-13(17,8-2-4-9(14)5-3-8)11-10(12(15)16)6-7-18-11/h2-7,17H,1H3,(H,15,16). The van der Waals surface area contributed by atoms with Gasteiger partial charge in [0.05, 0.1) is 10.4 Å². The van der Waals surface area contributed by atoms with Gasteiger partial charge in [0.2, 0.25) is 0 Å². The first-order valence-electron chi connectivity index (χ1n) is 5.22. The number of hydrogen-bond acceptors (Lipinski definition) is 3. The zero-order chi connectivity index (χ0) is 13.3. The van der Waals surface area contributed by atoms with E-state index in [0.717, 1.165) is 4.47 Å². The molecule has 1 atom stereocenters. The van der Waals surface area contributed by atoms with Gasteiger partial charge in [-0.2, -0.15) is 0 Å². The Labute approximate surface area is 117 Å². The first-order chi connectivity index (χ1) is 8.43. The smallest absolute Gasteiger partial charge is 0.336 e. The molecule has 0 aliphatic carbocycles. The third kappa shape index (κ3) is 2.34. The van der Waals surface area contributed by atoms with Crippen LogP contribution in [0.2, 0.25) is 0 Å². The zero-order valence-electron chi connectivity index (χ0n) is 9.55. The van der Waals surface area contributed by atoms with E-state index in [2.05, 4.69) is 15.9 Å². The molecule has 3 nitrogen and oxygen atoms in total. The van der Waals surface area contributed by atoms with Crippen LogP contribution in [0.4, 0.5) is 0 Å². The lowest BCUT2D eigenvalue weighted by atomic mass is 9.92. The summed E-state index contributed by atoms with van der Waals surface area (Å²) in [7, 11) is 0. The van der Waals surface area contributed by atoms with E-state index in [1.54, 1.807) is 24.4 Å². The normalized spacial score (nSPS) is 14.2. The van der Waals surface area contributed by atoms with Gasteiger partial charge < -0.3 is 10.2 Å². The maximum absolute atomic E-state index is 11.1. The van der Waals surface area contributed by atoms with Crippen molar-refractivity contribution in [3.63, 3.8) is 0 Å². The highest BCUT2D eigenvalue weighted by Crippen LogP contribution is 2.35. The first kappa shape index (κ1) is 13.3. The Bertz CT molecular complexity index is 572. The Morgan fingerprint density at radius 2 is 1.89 bits per heavy atom. The van der Waals surface area contributed by atoms with Crippen molar-refractivity contribution in [2.45, 2.75) is 12.5 Å². The number of hydrogen-bond donors (Lipinski definition) is 2. The molecular formula is C13H11BrO3S. The van der Waals surface area contributed by atoms with Gasteiger partial charge in [-0.05, 0) is 36.1 Å². The van der Waals surface area contributed by atoms with Crippen molar-refractivity contribution in [3.8, 4) is 0 Å². The molecule has 0 bridgehead atoms. The van der Waals surface area contributed by atoms with E-state index in [1.165, 1.54) is 17.4 Å². The van der Waals surface area contributed by atoms with Gasteiger partial charge in [0, 0.05) is 4.47 Å². The average Bonchev–Trinajstić information content (AvgIpc) is 2.79. The highest BCUT2D eigenvalue weighted by molar-refractivity contribution is 9.10. The van der Waals surface area contributed by atoms with Gasteiger partial charge in [0.15, 0.2) is 0 Å². The molecule has 1 aromatic carbocycles. The van der Waals surface area contributed by atoms with Crippen LogP contribution in [0.5, 0.6) is 0 Å². The minimum Gasteiger partial charge on any atom is -0.478 e. The second kappa shape index (κ2) is 4.84. The number of carboxylic acid groups (broad SMARTS) is 1. The Morgan fingerprint density at radius 1 is 1.28 bits per heavy atom. The SMILES string of the molecule is CC(O)(c1ccc(Br)cc1)c1sccc1C(=O)O. The fourth-order valence-electron chi connectivity index (χ4n) is 1.76. The molecule has 0 aliphatic rings. The molecule has 0 radical (unpaired) electrons. The number of carbonyl (C=O) groups is 1. The molecule has 1 heterocycles. The molecule has 94 valence electrons. The monoisotopic (exact) mass is 326 g/mol. The Morgan fingerprint density at radius 3 is 2.44 bits per heavy atom. The van der Waals surface area contributed by atoms with E-state index in [4.69, 9.17) is 5.11 Å². The van der Waals surface area contributed by atoms with Crippen molar-refractivity contribution in [3.05, 3.63) is 56.2 Å². The number of thiophene rings is 1. The van der Waals surface area contributed by atoms with Gasteiger partial charge in [-0.15, -0.1) is 11.3 Å². The highest BCUT2D eigenvalue weighted by atomic mass is 79.9. The molecule has 2 aromatic rings. The fourth-order valence-corrected chi connectivity index (χ4v) is 2.99. The van der Waals surface area contributed by atoms with E-state index in [1.807, 2.05) is 12.1 Å². The molecule has 0 fully saturated rings. The highest BCUT2D eigenvalue weighted by Gasteiger charge is 2.31. The van der Waals surface area contributed by atoms with Crippen molar-refractivity contribution < 1.29 is 15.0 Å². The average molecular weight is 327 g/mol. The molecule has 0 saturated heterocycles. The van der Waals surface area contributed by atoms with Crippen LogP contribution in [0.3, 0.4) is 0 Å². The number of benzene rings is 1. The maximum atomic E-state index is 11.1. The van der Waals surface area contributed by atoms with Crippen molar-refractivity contribution in [1.82, 2.24) is 0 Å². The fraction of sp³-hybridized carbons (Fsp3) is 0.154. The topological polar surface area (TPSA) is 57.5 Å². The lowest BCUT2D eigenvalue weighted by Crippen LogP contribution is -2.23. The molecule has 0 spiro atoms. The van der Waals surface area contributed by atoms with Crippen LogP contribution in [-0.4, -0.2) is 16.2 Å². The molecule has 5 heteroatoms. The Hall–Kier alpha value is -1.17. The minimum atomic E-state index is -1.30. The predicted molar refractivity (Wildman–Crippen MR) is 74.1 cm³/mol. The van der Waals surface area contributed by atoms with Gasteiger partial charge in [0.1, 0.15) is 5.60 Å². The summed E-state index contributed by atoms with van der Waals surface area (Å²) in [6, 6.07) is 8.69. The van der Waals surface area contributed by atoms with Crippen molar-refractivity contribution in [2.24, 2.45) is 0 Å². The van der Waals surface area contributed by atoms with Crippen LogP contribution < -0.4 is 0 Å². The molecule has 0 saturated carbocycles. The summed E-state index contributed by atoms with van der Waals surface area (Å²) in [5.74, 6) is -1.02. The molecular weight excluding hydrogens is 316 g/mol. The maximum Gasteiger partial charge on any atom is 0.336 e. The lowest BCUT2D eigenvalue weighted by molar-refractivity contribution is 0.0674. The predicted octanol–water partition coefficient (Wildman–Crippen LogP) is 3.46. The minimum absolute atomic E-state index is 0.146. The van der Waals surface area contributed by atoms with E-state index in [9.17, 15) is 9.90 Å². The quantitative estimate of drug-likeness (QED) is 0.908. The molecule has 1 unspecified atom stereocenters. The van der Waals surface area contributed by atoms with Crippen molar-refractivity contribution in [1.29, 1.82) is 0 Å². The second-order valence-electron chi connectivity index (χ2n) is 4.05. The summed E-state index contributed by atoms with van der Waals surface area (Å²) in [5, 5.41) is 21.4. The van der Waals surface area contributed by atoms with Crippen molar-refractivity contribution >= 4 is 33.2 Å². The third-order valence-electron chi connectivity index (χ3n) is 2.74. The first-order valence-corrected chi connectivity index (χ1v) is 6.90. The van der Waals surface area contributed by atoms with Crippen LogP contribution in [0.15, 0.2) is 40.2 Å². The summed E-state index contributed by atoms with van der Waals surface area (Å²) in [5.41, 5.74) is -0.494. The summed E-state index contributed by atoms with van der Waals surface area (Å²) >= 11 is 4.57. The summed E-state index contributed by atoms with van der Waals surface area (Å²) in [4.78, 5) is 11.5. The van der Waals surface area contributed by atoms with E-state index in [0.29, 0.717) is 10.4 Å². The number of aliphatic hydroxyl groups is 1. The van der Waals surface area contributed by atoms with Crippen LogP contribution in [0.25, 0.3) is 0 Å². The number of aromatic carboxylic acids is 1. The molecule has 0 aliphatic heterocycles. The van der Waals surface area contributed by atoms with Gasteiger partial charge >= 0.3 is 5.97 Å². The van der Waals surface area contributed by atoms with E-state index in [-0.39, 0.29) is 5.56 Å². The molecule has 2 N–H and O–H groups in total. The van der Waals surface area contributed by atoms with E-state index < -0.39 is 11.6 Å². The number of halogens is 1. The van der Waals surface area contributed by atoms with E-state index >= 15 is 0 Å². The van der Waals surface area contributed by atoms with Gasteiger partial charge in [0.25, 0.3) is 0 Å². The lowest BCUT2D eigenvalue weighted by Gasteiger charge is -2.23. The van der Waals surface area contributed by atoms with Gasteiger partial charge in [-0.1, -0.05) is 28.1 Å². The molecule has 18 heavy (non-hydrogen) atoms. The van der Waals surface area contributed by atoms with Crippen molar-refractivity contribution in [2.75, 3.05) is 0 Å². The molecule has 0 amide bonds. The third-order valence-corrected chi connectivity index (χ3v) is 4.40.